The molecule has 14 heavy (non-hydrogen) atoms. The van der Waals surface area contributed by atoms with Gasteiger partial charge in [-0.05, 0) is 30.5 Å². The summed E-state index contributed by atoms with van der Waals surface area (Å²) in [6.07, 6.45) is 2.74. The van der Waals surface area contributed by atoms with E-state index in [1.165, 1.54) is 12.1 Å². The Balaban J connectivity index is 2.73. The summed E-state index contributed by atoms with van der Waals surface area (Å²) in [6, 6.07) is 4.90. The molecule has 0 heterocycles. The van der Waals surface area contributed by atoms with Crippen molar-refractivity contribution < 1.29 is 14.3 Å². The standard InChI is InChI=1S/C11H11FO2/c1-8-5-6-9(10(12)7-8)3-2-4-11(13)14/h2,4-7H,3H2,1H3,(H,13,14)/b4-2+. The van der Waals surface area contributed by atoms with Crippen molar-refractivity contribution in [3.8, 4) is 0 Å². The molecular formula is C11H11FO2. The summed E-state index contributed by atoms with van der Waals surface area (Å²) < 4.78 is 13.2. The first-order valence-electron chi connectivity index (χ1n) is 4.24. The smallest absolute Gasteiger partial charge is 0.327 e. The van der Waals surface area contributed by atoms with Crippen molar-refractivity contribution in [3.63, 3.8) is 0 Å². The number of halogens is 1. The van der Waals surface area contributed by atoms with Crippen molar-refractivity contribution in [2.24, 2.45) is 0 Å². The highest BCUT2D eigenvalue weighted by Gasteiger charge is 1.99. The third-order valence-corrected chi connectivity index (χ3v) is 1.81. The maximum Gasteiger partial charge on any atom is 0.327 e. The minimum absolute atomic E-state index is 0.292. The molecule has 1 rings (SSSR count). The average Bonchev–Trinajstić information content (AvgIpc) is 2.08. The number of rotatable bonds is 3. The SMILES string of the molecule is Cc1ccc(C/C=C/C(=O)O)c(F)c1. The summed E-state index contributed by atoms with van der Waals surface area (Å²) in [6.45, 7) is 1.81. The molecule has 0 amide bonds. The second-order valence-corrected chi connectivity index (χ2v) is 3.04. The maximum atomic E-state index is 13.2. The van der Waals surface area contributed by atoms with Crippen molar-refractivity contribution in [1.82, 2.24) is 0 Å². The molecular weight excluding hydrogens is 183 g/mol. The lowest BCUT2D eigenvalue weighted by molar-refractivity contribution is -0.131. The summed E-state index contributed by atoms with van der Waals surface area (Å²) in [7, 11) is 0. The quantitative estimate of drug-likeness (QED) is 0.750. The van der Waals surface area contributed by atoms with Crippen molar-refractivity contribution in [1.29, 1.82) is 0 Å². The maximum absolute atomic E-state index is 13.2. The highest BCUT2D eigenvalue weighted by atomic mass is 19.1. The molecule has 2 nitrogen and oxygen atoms in total. The van der Waals surface area contributed by atoms with E-state index in [9.17, 15) is 9.18 Å². The number of benzene rings is 1. The molecule has 0 aliphatic rings. The van der Waals surface area contributed by atoms with Gasteiger partial charge in [-0.1, -0.05) is 18.2 Å². The molecule has 0 unspecified atom stereocenters. The van der Waals surface area contributed by atoms with Crippen molar-refractivity contribution in [2.45, 2.75) is 13.3 Å². The lowest BCUT2D eigenvalue weighted by Crippen LogP contribution is -1.91. The summed E-state index contributed by atoms with van der Waals surface area (Å²) in [4.78, 5) is 10.1. The van der Waals surface area contributed by atoms with Gasteiger partial charge in [-0.25, -0.2) is 9.18 Å². The minimum atomic E-state index is -1.02. The fourth-order valence-electron chi connectivity index (χ4n) is 1.10. The van der Waals surface area contributed by atoms with Crippen LogP contribution in [-0.2, 0) is 11.2 Å². The monoisotopic (exact) mass is 194 g/mol. The van der Waals surface area contributed by atoms with Gasteiger partial charge in [0.1, 0.15) is 5.82 Å². The minimum Gasteiger partial charge on any atom is -0.478 e. The van der Waals surface area contributed by atoms with Crippen LogP contribution in [0.15, 0.2) is 30.4 Å². The van der Waals surface area contributed by atoms with E-state index in [2.05, 4.69) is 0 Å². The molecule has 0 saturated heterocycles. The van der Waals surface area contributed by atoms with E-state index in [-0.39, 0.29) is 5.82 Å². The van der Waals surface area contributed by atoms with Crippen LogP contribution >= 0.6 is 0 Å². The van der Waals surface area contributed by atoms with E-state index in [0.29, 0.717) is 12.0 Å². The second-order valence-electron chi connectivity index (χ2n) is 3.04. The lowest BCUT2D eigenvalue weighted by Gasteiger charge is -1.99. The van der Waals surface area contributed by atoms with Crippen LogP contribution in [0.2, 0.25) is 0 Å². The molecule has 1 aromatic carbocycles. The molecule has 0 saturated carbocycles. The number of carboxylic acid groups (broad SMARTS) is 1. The Morgan fingerprint density at radius 1 is 1.57 bits per heavy atom. The highest BCUT2D eigenvalue weighted by molar-refractivity contribution is 5.79. The Bertz CT molecular complexity index is 370. The predicted octanol–water partition coefficient (Wildman–Crippen LogP) is 2.32. The number of carbonyl (C=O) groups is 1. The predicted molar refractivity (Wildman–Crippen MR) is 51.6 cm³/mol. The van der Waals surface area contributed by atoms with Crippen molar-refractivity contribution in [3.05, 3.63) is 47.3 Å². The van der Waals surface area contributed by atoms with Gasteiger partial charge >= 0.3 is 5.97 Å². The molecule has 0 aromatic heterocycles. The second kappa shape index (κ2) is 4.56. The number of aryl methyl sites for hydroxylation is 1. The van der Waals surface area contributed by atoms with Gasteiger partial charge < -0.3 is 5.11 Å². The van der Waals surface area contributed by atoms with Gasteiger partial charge in [0, 0.05) is 6.08 Å². The Hall–Kier alpha value is -1.64. The molecule has 74 valence electrons. The Morgan fingerprint density at radius 2 is 2.29 bits per heavy atom. The third kappa shape index (κ3) is 3.01. The molecule has 1 N–H and O–H groups in total. The number of aliphatic carboxylic acids is 1. The van der Waals surface area contributed by atoms with Crippen LogP contribution in [0.3, 0.4) is 0 Å². The highest BCUT2D eigenvalue weighted by Crippen LogP contribution is 2.10. The molecule has 0 bridgehead atoms. The Kier molecular flexibility index (Phi) is 3.40. The third-order valence-electron chi connectivity index (χ3n) is 1.81. The van der Waals surface area contributed by atoms with Crippen LogP contribution in [0.5, 0.6) is 0 Å². The summed E-state index contributed by atoms with van der Waals surface area (Å²) >= 11 is 0. The van der Waals surface area contributed by atoms with Crippen LogP contribution < -0.4 is 0 Å². The van der Waals surface area contributed by atoms with Gasteiger partial charge in [0.2, 0.25) is 0 Å². The zero-order valence-corrected chi connectivity index (χ0v) is 7.83. The van der Waals surface area contributed by atoms with E-state index in [1.54, 1.807) is 19.1 Å². The van der Waals surface area contributed by atoms with Crippen LogP contribution in [0, 0.1) is 12.7 Å². The zero-order chi connectivity index (χ0) is 10.6. The average molecular weight is 194 g/mol. The van der Waals surface area contributed by atoms with E-state index in [4.69, 9.17) is 5.11 Å². The summed E-state index contributed by atoms with van der Waals surface area (Å²) in [5.74, 6) is -1.31. The van der Waals surface area contributed by atoms with Crippen LogP contribution in [-0.4, -0.2) is 11.1 Å². The van der Waals surface area contributed by atoms with Gasteiger partial charge in [0.25, 0.3) is 0 Å². The van der Waals surface area contributed by atoms with Crippen LogP contribution in [0.25, 0.3) is 0 Å². The molecule has 0 atom stereocenters. The number of hydrogen-bond donors (Lipinski definition) is 1. The molecule has 0 aliphatic heterocycles. The van der Waals surface area contributed by atoms with E-state index >= 15 is 0 Å². The Labute approximate surface area is 81.7 Å². The van der Waals surface area contributed by atoms with Gasteiger partial charge in [-0.15, -0.1) is 0 Å². The lowest BCUT2D eigenvalue weighted by atomic mass is 10.1. The molecule has 1 aromatic rings. The summed E-state index contributed by atoms with van der Waals surface area (Å²) in [5.41, 5.74) is 1.36. The van der Waals surface area contributed by atoms with E-state index in [1.807, 2.05) is 0 Å². The largest absolute Gasteiger partial charge is 0.478 e. The normalized spacial score (nSPS) is 10.7. The van der Waals surface area contributed by atoms with Crippen LogP contribution in [0.4, 0.5) is 4.39 Å². The first-order valence-corrected chi connectivity index (χ1v) is 4.24. The number of carboxylic acids is 1. The molecule has 0 aliphatic carbocycles. The molecule has 0 spiro atoms. The van der Waals surface area contributed by atoms with Gasteiger partial charge in [0.15, 0.2) is 0 Å². The molecule has 3 heteroatoms. The number of hydrogen-bond acceptors (Lipinski definition) is 1. The van der Waals surface area contributed by atoms with Gasteiger partial charge in [-0.3, -0.25) is 0 Å². The topological polar surface area (TPSA) is 37.3 Å². The number of allylic oxidation sites excluding steroid dienone is 1. The Morgan fingerprint density at radius 3 is 2.86 bits per heavy atom. The van der Waals surface area contributed by atoms with Crippen molar-refractivity contribution in [2.75, 3.05) is 0 Å². The fourth-order valence-corrected chi connectivity index (χ4v) is 1.10. The zero-order valence-electron chi connectivity index (χ0n) is 7.83. The first kappa shape index (κ1) is 10.4. The van der Waals surface area contributed by atoms with Gasteiger partial charge in [-0.2, -0.15) is 0 Å². The first-order chi connectivity index (χ1) is 6.59. The molecule has 0 radical (unpaired) electrons. The summed E-state index contributed by atoms with van der Waals surface area (Å²) in [5, 5.41) is 8.32. The molecule has 0 fully saturated rings. The van der Waals surface area contributed by atoms with Gasteiger partial charge in [0.05, 0.1) is 0 Å². The van der Waals surface area contributed by atoms with E-state index in [0.717, 1.165) is 11.6 Å². The fraction of sp³-hybridized carbons (Fsp3) is 0.182. The van der Waals surface area contributed by atoms with Crippen LogP contribution in [0.1, 0.15) is 11.1 Å². The van der Waals surface area contributed by atoms with Crippen molar-refractivity contribution >= 4 is 5.97 Å². The van der Waals surface area contributed by atoms with E-state index < -0.39 is 5.97 Å².